The fourth-order valence-electron chi connectivity index (χ4n) is 4.98. The Balaban J connectivity index is 1.73. The van der Waals surface area contributed by atoms with E-state index in [0.717, 1.165) is 24.3 Å². The first kappa shape index (κ1) is 30.1. The minimum atomic E-state index is 0.108. The molecule has 210 valence electrons. The van der Waals surface area contributed by atoms with Crippen LogP contribution in [0.15, 0.2) is 97.1 Å². The van der Waals surface area contributed by atoms with Gasteiger partial charge in [-0.05, 0) is 74.9 Å². The Kier molecular flexibility index (Phi) is 11.1. The lowest BCUT2D eigenvalue weighted by atomic mass is 9.95. The van der Waals surface area contributed by atoms with Crippen molar-refractivity contribution in [2.24, 2.45) is 0 Å². The van der Waals surface area contributed by atoms with Crippen LogP contribution in [0.4, 0.5) is 0 Å². The zero-order valence-corrected chi connectivity index (χ0v) is 26.2. The Bertz CT molecular complexity index is 1230. The third-order valence-electron chi connectivity index (χ3n) is 6.70. The van der Waals surface area contributed by atoms with Crippen LogP contribution in [0.5, 0.6) is 11.5 Å². The molecule has 4 aromatic rings. The molecule has 0 unspecified atom stereocenters. The van der Waals surface area contributed by atoms with Crippen molar-refractivity contribution >= 4 is 21.6 Å². The minimum absolute atomic E-state index is 0.108. The first-order valence-electron chi connectivity index (χ1n) is 14.4. The summed E-state index contributed by atoms with van der Waals surface area (Å²) in [5.74, 6) is 1.97. The van der Waals surface area contributed by atoms with Crippen LogP contribution in [0.1, 0.15) is 76.0 Å². The van der Waals surface area contributed by atoms with Crippen LogP contribution in [0.3, 0.4) is 0 Å². The lowest BCUT2D eigenvalue weighted by Crippen LogP contribution is -2.10. The molecule has 40 heavy (non-hydrogen) atoms. The van der Waals surface area contributed by atoms with Gasteiger partial charge in [0.2, 0.25) is 0 Å². The third kappa shape index (κ3) is 7.47. The van der Waals surface area contributed by atoms with E-state index in [1.807, 2.05) is 21.6 Å². The molecule has 0 aromatic heterocycles. The molecule has 0 fully saturated rings. The standard InChI is InChI=1S/C36H42O2S2/c1-7-33(35-29(27-17-11-9-12-18-27)21-15-23-31(35)37-25(3)4)39-40-34(8-2)36-30(28-19-13-10-14-20-28)22-16-24-32(36)38-26(5)6/h9-26,33-34H,7-8H2,1-6H3/t33-,34-/m1/s1. The minimum Gasteiger partial charge on any atom is -0.491 e. The molecule has 0 bridgehead atoms. The largest absolute Gasteiger partial charge is 0.491 e. The van der Waals surface area contributed by atoms with E-state index in [0.29, 0.717) is 0 Å². The maximum Gasteiger partial charge on any atom is 0.124 e. The molecule has 0 N–H and O–H groups in total. The Morgan fingerprint density at radius 3 is 1.20 bits per heavy atom. The summed E-state index contributed by atoms with van der Waals surface area (Å²) in [6, 6.07) is 34.4. The number of hydrogen-bond donors (Lipinski definition) is 0. The second-order valence-corrected chi connectivity index (χ2v) is 13.2. The maximum atomic E-state index is 6.41. The van der Waals surface area contributed by atoms with Crippen LogP contribution in [0, 0.1) is 0 Å². The summed E-state index contributed by atoms with van der Waals surface area (Å²) in [7, 11) is 3.93. The van der Waals surface area contributed by atoms with E-state index in [4.69, 9.17) is 9.47 Å². The van der Waals surface area contributed by atoms with Crippen LogP contribution >= 0.6 is 21.6 Å². The van der Waals surface area contributed by atoms with E-state index in [1.54, 1.807) is 0 Å². The average Bonchev–Trinajstić information content (AvgIpc) is 2.96. The van der Waals surface area contributed by atoms with E-state index >= 15 is 0 Å². The molecule has 0 radical (unpaired) electrons. The van der Waals surface area contributed by atoms with Gasteiger partial charge in [-0.25, -0.2) is 0 Å². The highest BCUT2D eigenvalue weighted by atomic mass is 33.1. The van der Waals surface area contributed by atoms with Crippen molar-refractivity contribution in [2.45, 2.75) is 77.1 Å². The van der Waals surface area contributed by atoms with Crippen molar-refractivity contribution in [1.29, 1.82) is 0 Å². The van der Waals surface area contributed by atoms with Crippen LogP contribution in [0.2, 0.25) is 0 Å². The smallest absolute Gasteiger partial charge is 0.124 e. The highest BCUT2D eigenvalue weighted by Gasteiger charge is 2.26. The maximum absolute atomic E-state index is 6.41. The topological polar surface area (TPSA) is 18.5 Å². The van der Waals surface area contributed by atoms with E-state index in [9.17, 15) is 0 Å². The Morgan fingerprint density at radius 1 is 0.500 bits per heavy atom. The Morgan fingerprint density at radius 2 is 0.875 bits per heavy atom. The summed E-state index contributed by atoms with van der Waals surface area (Å²) < 4.78 is 12.8. The highest BCUT2D eigenvalue weighted by Crippen LogP contribution is 2.55. The second kappa shape index (κ2) is 14.7. The van der Waals surface area contributed by atoms with E-state index in [2.05, 4.69) is 139 Å². The quantitative estimate of drug-likeness (QED) is 0.149. The van der Waals surface area contributed by atoms with Crippen LogP contribution in [-0.4, -0.2) is 12.2 Å². The number of hydrogen-bond acceptors (Lipinski definition) is 4. The Hall–Kier alpha value is -2.82. The number of rotatable bonds is 13. The molecule has 0 heterocycles. The summed E-state index contributed by atoms with van der Waals surface area (Å²) in [6.07, 6.45) is 2.22. The lowest BCUT2D eigenvalue weighted by molar-refractivity contribution is 0.239. The van der Waals surface area contributed by atoms with Crippen molar-refractivity contribution in [3.63, 3.8) is 0 Å². The van der Waals surface area contributed by atoms with Gasteiger partial charge in [0, 0.05) is 21.6 Å². The zero-order valence-electron chi connectivity index (χ0n) is 24.6. The molecule has 0 aliphatic rings. The fraction of sp³-hybridized carbons (Fsp3) is 0.333. The van der Waals surface area contributed by atoms with Gasteiger partial charge in [0.15, 0.2) is 0 Å². The van der Waals surface area contributed by atoms with Gasteiger partial charge in [0.25, 0.3) is 0 Å². The van der Waals surface area contributed by atoms with Gasteiger partial charge >= 0.3 is 0 Å². The van der Waals surface area contributed by atoms with Gasteiger partial charge in [-0.3, -0.25) is 0 Å². The van der Waals surface area contributed by atoms with Crippen molar-refractivity contribution in [1.82, 2.24) is 0 Å². The zero-order chi connectivity index (χ0) is 28.5. The van der Waals surface area contributed by atoms with Gasteiger partial charge in [-0.1, -0.05) is 120 Å². The van der Waals surface area contributed by atoms with E-state index in [1.165, 1.54) is 33.4 Å². The molecule has 0 saturated heterocycles. The fourth-order valence-corrected chi connectivity index (χ4v) is 8.40. The number of benzene rings is 4. The molecule has 0 saturated carbocycles. The average molecular weight is 571 g/mol. The summed E-state index contributed by atoms with van der Waals surface area (Å²) in [5.41, 5.74) is 7.52. The van der Waals surface area contributed by atoms with Crippen LogP contribution in [0.25, 0.3) is 22.3 Å². The molecule has 4 heteroatoms. The first-order valence-corrected chi connectivity index (χ1v) is 16.7. The molecule has 0 aliphatic heterocycles. The molecule has 2 atom stereocenters. The van der Waals surface area contributed by atoms with Crippen LogP contribution in [-0.2, 0) is 0 Å². The summed E-state index contributed by atoms with van der Waals surface area (Å²) in [6.45, 7) is 13.0. The highest BCUT2D eigenvalue weighted by molar-refractivity contribution is 8.76. The second-order valence-electron chi connectivity index (χ2n) is 10.5. The third-order valence-corrected chi connectivity index (χ3v) is 10.1. The predicted molar refractivity (Wildman–Crippen MR) is 177 cm³/mol. The normalized spacial score (nSPS) is 12.9. The van der Waals surface area contributed by atoms with E-state index in [-0.39, 0.29) is 22.7 Å². The van der Waals surface area contributed by atoms with Crippen molar-refractivity contribution in [3.05, 3.63) is 108 Å². The van der Waals surface area contributed by atoms with Gasteiger partial charge in [-0.15, -0.1) is 0 Å². The predicted octanol–water partition coefficient (Wildman–Crippen LogP) is 11.6. The van der Waals surface area contributed by atoms with Crippen molar-refractivity contribution in [2.75, 3.05) is 0 Å². The van der Waals surface area contributed by atoms with Gasteiger partial charge < -0.3 is 9.47 Å². The Labute approximate surface area is 249 Å². The van der Waals surface area contributed by atoms with Gasteiger partial charge in [0.05, 0.1) is 12.2 Å². The van der Waals surface area contributed by atoms with Gasteiger partial charge in [0.1, 0.15) is 11.5 Å². The van der Waals surface area contributed by atoms with E-state index < -0.39 is 0 Å². The molecule has 0 amide bonds. The molecule has 4 aromatic carbocycles. The molecular weight excluding hydrogens is 529 g/mol. The summed E-state index contributed by atoms with van der Waals surface area (Å²) >= 11 is 0. The first-order chi connectivity index (χ1) is 19.4. The summed E-state index contributed by atoms with van der Waals surface area (Å²) in [4.78, 5) is 0. The molecule has 0 spiro atoms. The van der Waals surface area contributed by atoms with Crippen molar-refractivity contribution in [3.8, 4) is 33.8 Å². The molecule has 2 nitrogen and oxygen atoms in total. The molecular formula is C36H42O2S2. The molecule has 0 aliphatic carbocycles. The summed E-state index contributed by atoms with van der Waals surface area (Å²) in [5, 5.41) is 0.533. The van der Waals surface area contributed by atoms with Crippen molar-refractivity contribution < 1.29 is 9.47 Å². The molecule has 4 rings (SSSR count). The van der Waals surface area contributed by atoms with Crippen LogP contribution < -0.4 is 9.47 Å². The SMILES string of the molecule is CC[C@@H](SS[C@H](CC)c1c(OC(C)C)cccc1-c1ccccc1)c1c(OC(C)C)cccc1-c1ccccc1. The lowest BCUT2D eigenvalue weighted by Gasteiger charge is -2.27. The monoisotopic (exact) mass is 570 g/mol. The number of ether oxygens (including phenoxy) is 2. The van der Waals surface area contributed by atoms with Gasteiger partial charge in [-0.2, -0.15) is 0 Å².